The van der Waals surface area contributed by atoms with Crippen LogP contribution in [-0.4, -0.2) is 31.9 Å². The largest absolute Gasteiger partial charge is 0.476 e. The van der Waals surface area contributed by atoms with Crippen molar-refractivity contribution in [3.63, 3.8) is 0 Å². The number of aromatic carboxylic acids is 1. The van der Waals surface area contributed by atoms with Crippen LogP contribution in [-0.2, 0) is 0 Å². The molecule has 2 aromatic heterocycles. The summed E-state index contributed by atoms with van der Waals surface area (Å²) in [4.78, 5) is 33.9. The highest BCUT2D eigenvalue weighted by Gasteiger charge is 2.15. The third-order valence-electron chi connectivity index (χ3n) is 2.11. The van der Waals surface area contributed by atoms with Gasteiger partial charge in [-0.3, -0.25) is 4.79 Å². The monoisotopic (exact) mass is 278 g/mol. The molecule has 0 saturated heterocycles. The van der Waals surface area contributed by atoms with E-state index < -0.39 is 11.9 Å². The number of carboxylic acids is 1. The van der Waals surface area contributed by atoms with E-state index in [-0.39, 0.29) is 22.2 Å². The van der Waals surface area contributed by atoms with Crippen LogP contribution < -0.4 is 5.32 Å². The van der Waals surface area contributed by atoms with Gasteiger partial charge in [0.1, 0.15) is 10.8 Å². The van der Waals surface area contributed by atoms with Gasteiger partial charge in [0.25, 0.3) is 5.91 Å². The minimum Gasteiger partial charge on any atom is -0.476 e. The minimum absolute atomic E-state index is 0.0181. The van der Waals surface area contributed by atoms with Gasteiger partial charge in [0.15, 0.2) is 5.69 Å². The lowest BCUT2D eigenvalue weighted by Crippen LogP contribution is -2.17. The zero-order valence-corrected chi connectivity index (χ0v) is 10.1. The average Bonchev–Trinajstić information content (AvgIpc) is 2.39. The molecular formula is C11H7ClN4O3. The number of anilines is 1. The van der Waals surface area contributed by atoms with Crippen molar-refractivity contribution >= 4 is 29.2 Å². The highest BCUT2D eigenvalue weighted by Crippen LogP contribution is 2.13. The molecule has 1 amide bonds. The summed E-state index contributed by atoms with van der Waals surface area (Å²) in [6.07, 6.45) is 3.73. The number of halogens is 1. The number of hydrogen-bond donors (Lipinski definition) is 2. The summed E-state index contributed by atoms with van der Waals surface area (Å²) in [5.74, 6) is -1.84. The predicted octanol–water partition coefficient (Wildman–Crippen LogP) is 1.48. The van der Waals surface area contributed by atoms with E-state index in [1.165, 1.54) is 30.7 Å². The lowest BCUT2D eigenvalue weighted by Gasteiger charge is -2.06. The van der Waals surface area contributed by atoms with Gasteiger partial charge >= 0.3 is 5.97 Å². The Labute approximate surface area is 112 Å². The van der Waals surface area contributed by atoms with Crippen molar-refractivity contribution in [1.82, 2.24) is 15.0 Å². The molecule has 7 nitrogen and oxygen atoms in total. The molecule has 2 rings (SSSR count). The molecule has 2 heterocycles. The normalized spacial score (nSPS) is 9.95. The van der Waals surface area contributed by atoms with Crippen LogP contribution in [0.3, 0.4) is 0 Å². The van der Waals surface area contributed by atoms with Gasteiger partial charge in [-0.25, -0.2) is 19.7 Å². The van der Waals surface area contributed by atoms with E-state index in [4.69, 9.17) is 16.7 Å². The lowest BCUT2D eigenvalue weighted by atomic mass is 10.3. The number of pyridine rings is 1. The second kappa shape index (κ2) is 5.40. The summed E-state index contributed by atoms with van der Waals surface area (Å²) in [6, 6.07) is 2.94. The molecule has 8 heteroatoms. The van der Waals surface area contributed by atoms with E-state index >= 15 is 0 Å². The molecule has 0 radical (unpaired) electrons. The second-order valence-electron chi connectivity index (χ2n) is 3.38. The SMILES string of the molecule is O=C(Nc1cccnc1C(=O)O)c1cnc(Cl)cn1. The number of rotatable bonds is 3. The number of carbonyl (C=O) groups excluding carboxylic acids is 1. The molecule has 2 N–H and O–H groups in total. The number of carbonyl (C=O) groups is 2. The Morgan fingerprint density at radius 1 is 1.21 bits per heavy atom. The van der Waals surface area contributed by atoms with Crippen molar-refractivity contribution in [1.29, 1.82) is 0 Å². The van der Waals surface area contributed by atoms with Crippen molar-refractivity contribution in [2.75, 3.05) is 5.32 Å². The summed E-state index contributed by atoms with van der Waals surface area (Å²) >= 11 is 5.55. The maximum absolute atomic E-state index is 11.8. The quantitative estimate of drug-likeness (QED) is 0.881. The van der Waals surface area contributed by atoms with Gasteiger partial charge in [0.2, 0.25) is 0 Å². The van der Waals surface area contributed by atoms with Crippen molar-refractivity contribution in [3.8, 4) is 0 Å². The van der Waals surface area contributed by atoms with E-state index in [1.807, 2.05) is 0 Å². The van der Waals surface area contributed by atoms with Gasteiger partial charge in [-0.05, 0) is 12.1 Å². The number of amides is 1. The van der Waals surface area contributed by atoms with Gasteiger partial charge < -0.3 is 10.4 Å². The van der Waals surface area contributed by atoms with Crippen LogP contribution in [0.4, 0.5) is 5.69 Å². The molecule has 2 aromatic rings. The Morgan fingerprint density at radius 2 is 2.00 bits per heavy atom. The maximum atomic E-state index is 11.8. The molecule has 0 aliphatic rings. The molecule has 96 valence electrons. The molecule has 0 aliphatic heterocycles. The first kappa shape index (κ1) is 12.9. The summed E-state index contributed by atoms with van der Waals surface area (Å²) in [7, 11) is 0. The van der Waals surface area contributed by atoms with Crippen LogP contribution >= 0.6 is 11.6 Å². The number of nitrogens with one attached hydrogen (secondary N) is 1. The highest BCUT2D eigenvalue weighted by atomic mass is 35.5. The van der Waals surface area contributed by atoms with Crippen LogP contribution in [0.25, 0.3) is 0 Å². The fourth-order valence-electron chi connectivity index (χ4n) is 1.29. The standard InChI is InChI=1S/C11H7ClN4O3/c12-8-5-14-7(4-15-8)10(17)16-6-2-1-3-13-9(6)11(18)19/h1-5H,(H,16,17)(H,18,19). The Balaban J connectivity index is 2.24. The van der Waals surface area contributed by atoms with Gasteiger partial charge in [0.05, 0.1) is 18.1 Å². The Bertz CT molecular complexity index is 630. The number of aromatic nitrogens is 3. The van der Waals surface area contributed by atoms with Gasteiger partial charge in [-0.1, -0.05) is 11.6 Å². The summed E-state index contributed by atoms with van der Waals surface area (Å²) in [5, 5.41) is 11.5. The average molecular weight is 279 g/mol. The number of hydrogen-bond acceptors (Lipinski definition) is 5. The molecule has 0 spiro atoms. The van der Waals surface area contributed by atoms with Crippen molar-refractivity contribution < 1.29 is 14.7 Å². The van der Waals surface area contributed by atoms with Crippen LogP contribution in [0.5, 0.6) is 0 Å². The molecule has 0 fully saturated rings. The fraction of sp³-hybridized carbons (Fsp3) is 0. The smallest absolute Gasteiger partial charge is 0.356 e. The minimum atomic E-state index is -1.24. The molecule has 19 heavy (non-hydrogen) atoms. The van der Waals surface area contributed by atoms with E-state index in [1.54, 1.807) is 0 Å². The highest BCUT2D eigenvalue weighted by molar-refractivity contribution is 6.29. The molecular weight excluding hydrogens is 272 g/mol. The first-order valence-corrected chi connectivity index (χ1v) is 5.43. The summed E-state index contributed by atoms with van der Waals surface area (Å²) < 4.78 is 0. The third-order valence-corrected chi connectivity index (χ3v) is 2.31. The Hall–Kier alpha value is -2.54. The number of carboxylic acid groups (broad SMARTS) is 1. The topological polar surface area (TPSA) is 105 Å². The third kappa shape index (κ3) is 3.02. The predicted molar refractivity (Wildman–Crippen MR) is 66.2 cm³/mol. The zero-order chi connectivity index (χ0) is 13.8. The van der Waals surface area contributed by atoms with Crippen molar-refractivity contribution in [3.05, 3.63) is 47.3 Å². The fourth-order valence-corrected chi connectivity index (χ4v) is 1.39. The van der Waals surface area contributed by atoms with Gasteiger partial charge in [0, 0.05) is 6.20 Å². The zero-order valence-electron chi connectivity index (χ0n) is 9.37. The molecule has 0 unspecified atom stereocenters. The van der Waals surface area contributed by atoms with E-state index in [9.17, 15) is 9.59 Å². The second-order valence-corrected chi connectivity index (χ2v) is 3.77. The number of nitrogens with zero attached hydrogens (tertiary/aromatic N) is 3. The van der Waals surface area contributed by atoms with Crippen LogP contribution in [0.2, 0.25) is 5.15 Å². The van der Waals surface area contributed by atoms with E-state index in [0.717, 1.165) is 0 Å². The van der Waals surface area contributed by atoms with E-state index in [0.29, 0.717) is 0 Å². The lowest BCUT2D eigenvalue weighted by molar-refractivity contribution is 0.0692. The molecule has 0 saturated carbocycles. The Morgan fingerprint density at radius 3 is 2.63 bits per heavy atom. The van der Waals surface area contributed by atoms with Gasteiger partial charge in [-0.15, -0.1) is 0 Å². The van der Waals surface area contributed by atoms with Crippen molar-refractivity contribution in [2.24, 2.45) is 0 Å². The first-order chi connectivity index (χ1) is 9.08. The first-order valence-electron chi connectivity index (χ1n) is 5.05. The van der Waals surface area contributed by atoms with Crippen LogP contribution in [0.1, 0.15) is 21.0 Å². The summed E-state index contributed by atoms with van der Waals surface area (Å²) in [6.45, 7) is 0. The maximum Gasteiger partial charge on any atom is 0.356 e. The van der Waals surface area contributed by atoms with Crippen LogP contribution in [0, 0.1) is 0 Å². The van der Waals surface area contributed by atoms with Gasteiger partial charge in [-0.2, -0.15) is 0 Å². The van der Waals surface area contributed by atoms with Crippen molar-refractivity contribution in [2.45, 2.75) is 0 Å². The Kier molecular flexibility index (Phi) is 3.67. The molecule has 0 bridgehead atoms. The molecule has 0 aliphatic carbocycles. The summed E-state index contributed by atoms with van der Waals surface area (Å²) in [5.41, 5.74) is -0.154. The van der Waals surface area contributed by atoms with E-state index in [2.05, 4.69) is 20.3 Å². The molecule has 0 atom stereocenters. The molecule has 0 aromatic carbocycles. The van der Waals surface area contributed by atoms with Crippen LogP contribution in [0.15, 0.2) is 30.7 Å².